The van der Waals surface area contributed by atoms with E-state index in [1.54, 1.807) is 56.6 Å². The molecular formula is C24H24N4O4S. The van der Waals surface area contributed by atoms with Gasteiger partial charge in [-0.15, -0.1) is 0 Å². The SMILES string of the molecule is CCc1nc(-c2cccc(S(C)(=O)=O)c2)nc2c1ccn2-c1cccc(OC(=O)N(C)C)c1. The molecule has 170 valence electrons. The van der Waals surface area contributed by atoms with Gasteiger partial charge in [0.15, 0.2) is 15.7 Å². The summed E-state index contributed by atoms with van der Waals surface area (Å²) in [6.07, 6.45) is 3.28. The molecule has 0 N–H and O–H groups in total. The zero-order valence-corrected chi connectivity index (χ0v) is 19.6. The molecular weight excluding hydrogens is 440 g/mol. The van der Waals surface area contributed by atoms with Crippen LogP contribution in [0.25, 0.3) is 28.1 Å². The average Bonchev–Trinajstić information content (AvgIpc) is 3.22. The highest BCUT2D eigenvalue weighted by Gasteiger charge is 2.16. The Kier molecular flexibility index (Phi) is 5.90. The maximum Gasteiger partial charge on any atom is 0.414 e. The zero-order valence-electron chi connectivity index (χ0n) is 18.8. The van der Waals surface area contributed by atoms with E-state index in [0.717, 1.165) is 16.8 Å². The van der Waals surface area contributed by atoms with Crippen LogP contribution in [0.4, 0.5) is 4.79 Å². The first-order valence-electron chi connectivity index (χ1n) is 10.4. The highest BCUT2D eigenvalue weighted by atomic mass is 32.2. The highest BCUT2D eigenvalue weighted by molar-refractivity contribution is 7.90. The summed E-state index contributed by atoms with van der Waals surface area (Å²) in [5.74, 6) is 0.860. The molecule has 0 aliphatic rings. The van der Waals surface area contributed by atoms with Crippen LogP contribution in [0.2, 0.25) is 0 Å². The van der Waals surface area contributed by atoms with Crippen molar-refractivity contribution in [1.29, 1.82) is 0 Å². The molecule has 0 fully saturated rings. The summed E-state index contributed by atoms with van der Waals surface area (Å²) < 4.78 is 31.3. The van der Waals surface area contributed by atoms with Crippen LogP contribution in [0, 0.1) is 0 Å². The molecule has 33 heavy (non-hydrogen) atoms. The van der Waals surface area contributed by atoms with Gasteiger partial charge in [0.05, 0.1) is 16.3 Å². The fourth-order valence-electron chi connectivity index (χ4n) is 3.44. The van der Waals surface area contributed by atoms with Crippen molar-refractivity contribution in [3.8, 4) is 22.8 Å². The summed E-state index contributed by atoms with van der Waals surface area (Å²) >= 11 is 0. The lowest BCUT2D eigenvalue weighted by Gasteiger charge is -2.12. The minimum atomic E-state index is -3.36. The third-order valence-corrected chi connectivity index (χ3v) is 6.25. The number of rotatable bonds is 5. The number of hydrogen-bond donors (Lipinski definition) is 0. The predicted octanol–water partition coefficient (Wildman–Crippen LogP) is 4.11. The maximum absolute atomic E-state index is 12.0. The molecule has 0 radical (unpaired) electrons. The van der Waals surface area contributed by atoms with Gasteiger partial charge in [0.25, 0.3) is 0 Å². The van der Waals surface area contributed by atoms with Gasteiger partial charge in [-0.2, -0.15) is 0 Å². The van der Waals surface area contributed by atoms with Gasteiger partial charge in [-0.05, 0) is 36.8 Å². The third kappa shape index (κ3) is 4.58. The molecule has 1 amide bonds. The van der Waals surface area contributed by atoms with Crippen molar-refractivity contribution >= 4 is 27.0 Å². The number of ether oxygens (including phenoxy) is 1. The number of amides is 1. The van der Waals surface area contributed by atoms with E-state index in [4.69, 9.17) is 14.7 Å². The molecule has 0 aliphatic carbocycles. The second-order valence-corrected chi connectivity index (χ2v) is 9.85. The Balaban J connectivity index is 1.84. The number of hydrogen-bond acceptors (Lipinski definition) is 6. The lowest BCUT2D eigenvalue weighted by molar-refractivity contribution is 0.172. The van der Waals surface area contributed by atoms with E-state index in [1.807, 2.05) is 29.8 Å². The molecule has 4 rings (SSSR count). The standard InChI is InChI=1S/C24H24N4O4S/c1-5-21-20-12-13-28(17-9-7-10-18(15-17)32-24(29)27(2)3)23(20)26-22(25-21)16-8-6-11-19(14-16)33(4,30)31/h6-15H,5H2,1-4H3. The summed E-state index contributed by atoms with van der Waals surface area (Å²) in [5, 5.41) is 0.899. The number of nitrogens with zero attached hydrogens (tertiary/aromatic N) is 4. The van der Waals surface area contributed by atoms with Crippen LogP contribution >= 0.6 is 0 Å². The number of carbonyl (C=O) groups excluding carboxylic acids is 1. The summed E-state index contributed by atoms with van der Waals surface area (Å²) in [4.78, 5) is 23.0. The number of benzene rings is 2. The molecule has 0 spiro atoms. The lowest BCUT2D eigenvalue weighted by Crippen LogP contribution is -2.25. The molecule has 8 nitrogen and oxygen atoms in total. The third-order valence-electron chi connectivity index (χ3n) is 5.14. The molecule has 0 aliphatic heterocycles. The largest absolute Gasteiger partial charge is 0.414 e. The molecule has 0 saturated heterocycles. The molecule has 9 heteroatoms. The van der Waals surface area contributed by atoms with E-state index in [9.17, 15) is 13.2 Å². The number of sulfone groups is 1. The lowest BCUT2D eigenvalue weighted by atomic mass is 10.2. The zero-order chi connectivity index (χ0) is 23.8. The second-order valence-electron chi connectivity index (χ2n) is 7.83. The Morgan fingerprint density at radius 1 is 1.06 bits per heavy atom. The molecule has 0 bridgehead atoms. The van der Waals surface area contributed by atoms with Crippen molar-refractivity contribution in [2.75, 3.05) is 20.4 Å². The fraction of sp³-hybridized carbons (Fsp3) is 0.208. The second kappa shape index (κ2) is 8.67. The van der Waals surface area contributed by atoms with Crippen LogP contribution in [0.1, 0.15) is 12.6 Å². The summed E-state index contributed by atoms with van der Waals surface area (Å²) in [6, 6.07) is 15.7. The van der Waals surface area contributed by atoms with Crippen LogP contribution in [0.3, 0.4) is 0 Å². The maximum atomic E-state index is 12.0. The van der Waals surface area contributed by atoms with Crippen LogP contribution in [0.5, 0.6) is 5.75 Å². The summed E-state index contributed by atoms with van der Waals surface area (Å²) in [5.41, 5.74) is 2.92. The van der Waals surface area contributed by atoms with E-state index in [1.165, 1.54) is 11.2 Å². The fourth-order valence-corrected chi connectivity index (χ4v) is 4.11. The first-order chi connectivity index (χ1) is 15.7. The number of carbonyl (C=O) groups is 1. The molecule has 0 atom stereocenters. The van der Waals surface area contributed by atoms with Crippen molar-refractivity contribution in [3.05, 3.63) is 66.5 Å². The molecule has 2 heterocycles. The smallest absolute Gasteiger partial charge is 0.410 e. The Bertz CT molecular complexity index is 1460. The van der Waals surface area contributed by atoms with Crippen LogP contribution in [0.15, 0.2) is 65.7 Å². The number of aryl methyl sites for hydroxylation is 1. The van der Waals surface area contributed by atoms with Crippen LogP contribution < -0.4 is 4.74 Å². The highest BCUT2D eigenvalue weighted by Crippen LogP contribution is 2.28. The van der Waals surface area contributed by atoms with E-state index >= 15 is 0 Å². The van der Waals surface area contributed by atoms with Gasteiger partial charge in [-0.25, -0.2) is 23.2 Å². The number of fused-ring (bicyclic) bond motifs is 1. The van der Waals surface area contributed by atoms with Gasteiger partial charge in [-0.3, -0.25) is 0 Å². The normalized spacial score (nSPS) is 11.5. The average molecular weight is 465 g/mol. The quantitative estimate of drug-likeness (QED) is 0.441. The summed E-state index contributed by atoms with van der Waals surface area (Å²) in [6.45, 7) is 2.01. The topological polar surface area (TPSA) is 94.4 Å². The minimum absolute atomic E-state index is 0.215. The van der Waals surface area contributed by atoms with Crippen LogP contribution in [-0.2, 0) is 16.3 Å². The van der Waals surface area contributed by atoms with Gasteiger partial charge in [-0.1, -0.05) is 25.1 Å². The minimum Gasteiger partial charge on any atom is -0.410 e. The van der Waals surface area contributed by atoms with Crippen molar-refractivity contribution < 1.29 is 17.9 Å². The number of aromatic nitrogens is 3. The van der Waals surface area contributed by atoms with Crippen molar-refractivity contribution in [3.63, 3.8) is 0 Å². The van der Waals surface area contributed by atoms with Gasteiger partial charge in [0.1, 0.15) is 11.4 Å². The Morgan fingerprint density at radius 3 is 2.52 bits per heavy atom. The van der Waals surface area contributed by atoms with Gasteiger partial charge in [0.2, 0.25) is 0 Å². The van der Waals surface area contributed by atoms with Crippen molar-refractivity contribution in [2.45, 2.75) is 18.2 Å². The Hall–Kier alpha value is -3.72. The van der Waals surface area contributed by atoms with Gasteiger partial charge >= 0.3 is 6.09 Å². The van der Waals surface area contributed by atoms with E-state index < -0.39 is 15.9 Å². The van der Waals surface area contributed by atoms with E-state index in [2.05, 4.69) is 0 Å². The predicted molar refractivity (Wildman–Crippen MR) is 126 cm³/mol. The van der Waals surface area contributed by atoms with Gasteiger partial charge < -0.3 is 14.2 Å². The van der Waals surface area contributed by atoms with Crippen molar-refractivity contribution in [2.24, 2.45) is 0 Å². The molecule has 2 aromatic carbocycles. The first-order valence-corrected chi connectivity index (χ1v) is 12.2. The van der Waals surface area contributed by atoms with Crippen molar-refractivity contribution in [1.82, 2.24) is 19.4 Å². The molecule has 0 unspecified atom stereocenters. The molecule has 2 aromatic heterocycles. The van der Waals surface area contributed by atoms with E-state index in [0.29, 0.717) is 29.2 Å². The van der Waals surface area contributed by atoms with Crippen LogP contribution in [-0.4, -0.2) is 54.3 Å². The first kappa shape index (κ1) is 22.5. The Morgan fingerprint density at radius 2 is 1.82 bits per heavy atom. The Labute approximate surface area is 192 Å². The molecule has 4 aromatic rings. The van der Waals surface area contributed by atoms with Gasteiger partial charge in [0, 0.05) is 43.6 Å². The van der Waals surface area contributed by atoms with E-state index in [-0.39, 0.29) is 4.90 Å². The summed E-state index contributed by atoms with van der Waals surface area (Å²) in [7, 11) is -0.118. The molecule has 0 saturated carbocycles. The monoisotopic (exact) mass is 464 g/mol.